The molecular formula is C18H27NOS. The molecule has 1 N–H and O–H groups in total. The van der Waals surface area contributed by atoms with Gasteiger partial charge in [0, 0.05) is 12.3 Å². The van der Waals surface area contributed by atoms with Crippen LogP contribution in [0.5, 0.6) is 0 Å². The van der Waals surface area contributed by atoms with E-state index in [1.165, 1.54) is 37.7 Å². The minimum atomic E-state index is 0.188. The summed E-state index contributed by atoms with van der Waals surface area (Å²) in [6.45, 7) is 3.16. The molecule has 1 saturated carbocycles. The van der Waals surface area contributed by atoms with Gasteiger partial charge in [-0.1, -0.05) is 56.5 Å². The average molecular weight is 305 g/mol. The van der Waals surface area contributed by atoms with E-state index in [2.05, 4.69) is 24.4 Å². The smallest absolute Gasteiger partial charge is 0.230 e. The highest BCUT2D eigenvalue weighted by Crippen LogP contribution is 2.30. The van der Waals surface area contributed by atoms with Crippen LogP contribution in [0.2, 0.25) is 0 Å². The molecule has 1 amide bonds. The lowest BCUT2D eigenvalue weighted by Gasteiger charge is -2.27. The molecule has 116 valence electrons. The van der Waals surface area contributed by atoms with Crippen LogP contribution < -0.4 is 5.32 Å². The molecule has 0 spiro atoms. The first-order valence-electron chi connectivity index (χ1n) is 8.16. The second-order valence-corrected chi connectivity index (χ2v) is 7.06. The summed E-state index contributed by atoms with van der Waals surface area (Å²) in [5.74, 6) is 3.30. The van der Waals surface area contributed by atoms with Gasteiger partial charge in [-0.05, 0) is 30.2 Å². The highest BCUT2D eigenvalue weighted by Gasteiger charge is 2.20. The molecular weight excluding hydrogens is 278 g/mol. The number of carbonyl (C=O) groups excluding carboxylic acids is 1. The highest BCUT2D eigenvalue weighted by atomic mass is 32.2. The largest absolute Gasteiger partial charge is 0.355 e. The Labute approximate surface area is 133 Å². The number of carbonyl (C=O) groups is 1. The van der Waals surface area contributed by atoms with E-state index in [0.29, 0.717) is 11.7 Å². The van der Waals surface area contributed by atoms with Crippen LogP contribution in [0, 0.1) is 11.8 Å². The van der Waals surface area contributed by atoms with Crippen molar-refractivity contribution in [2.45, 2.75) is 44.8 Å². The summed E-state index contributed by atoms with van der Waals surface area (Å²) in [5.41, 5.74) is 1.29. The second-order valence-electron chi connectivity index (χ2n) is 6.08. The number of hydrogen-bond donors (Lipinski definition) is 1. The second kappa shape index (κ2) is 9.14. The van der Waals surface area contributed by atoms with Crippen LogP contribution in [0.1, 0.15) is 44.6 Å². The third-order valence-electron chi connectivity index (χ3n) is 4.48. The SMILES string of the molecule is CCC1CCC(CNC(=O)CSCc2ccccc2)CC1. The first kappa shape index (κ1) is 16.4. The highest BCUT2D eigenvalue weighted by molar-refractivity contribution is 7.99. The van der Waals surface area contributed by atoms with Gasteiger partial charge in [0.05, 0.1) is 5.75 Å². The number of benzene rings is 1. The molecule has 21 heavy (non-hydrogen) atoms. The molecule has 0 radical (unpaired) electrons. The lowest BCUT2D eigenvalue weighted by atomic mass is 9.81. The monoisotopic (exact) mass is 305 g/mol. The fourth-order valence-electron chi connectivity index (χ4n) is 2.99. The van der Waals surface area contributed by atoms with Gasteiger partial charge in [-0.25, -0.2) is 0 Å². The number of hydrogen-bond acceptors (Lipinski definition) is 2. The number of nitrogens with one attached hydrogen (secondary N) is 1. The van der Waals surface area contributed by atoms with E-state index < -0.39 is 0 Å². The summed E-state index contributed by atoms with van der Waals surface area (Å²) in [7, 11) is 0. The molecule has 0 saturated heterocycles. The lowest BCUT2D eigenvalue weighted by Crippen LogP contribution is -2.32. The van der Waals surface area contributed by atoms with Crippen LogP contribution in [0.3, 0.4) is 0 Å². The van der Waals surface area contributed by atoms with E-state index >= 15 is 0 Å². The molecule has 2 rings (SSSR count). The summed E-state index contributed by atoms with van der Waals surface area (Å²) in [5, 5.41) is 3.11. The molecule has 1 aliphatic carbocycles. The molecule has 0 heterocycles. The Balaban J connectivity index is 1.56. The van der Waals surface area contributed by atoms with Crippen LogP contribution in [0.25, 0.3) is 0 Å². The fourth-order valence-corrected chi connectivity index (χ4v) is 3.81. The Bertz CT molecular complexity index is 412. The number of amides is 1. The zero-order chi connectivity index (χ0) is 14.9. The Morgan fingerprint density at radius 1 is 1.14 bits per heavy atom. The summed E-state index contributed by atoms with van der Waals surface area (Å²) in [4.78, 5) is 11.9. The maximum absolute atomic E-state index is 11.9. The van der Waals surface area contributed by atoms with Crippen molar-refractivity contribution >= 4 is 17.7 Å². The molecule has 0 unspecified atom stereocenters. The van der Waals surface area contributed by atoms with E-state index in [-0.39, 0.29) is 5.91 Å². The van der Waals surface area contributed by atoms with Crippen molar-refractivity contribution in [2.24, 2.45) is 11.8 Å². The Kier molecular flexibility index (Phi) is 7.14. The van der Waals surface area contributed by atoms with Crippen LogP contribution in [-0.2, 0) is 10.5 Å². The lowest BCUT2D eigenvalue weighted by molar-refractivity contribution is -0.118. The van der Waals surface area contributed by atoms with Crippen molar-refractivity contribution in [3.05, 3.63) is 35.9 Å². The van der Waals surface area contributed by atoms with Gasteiger partial charge in [-0.3, -0.25) is 4.79 Å². The molecule has 0 atom stereocenters. The molecule has 0 bridgehead atoms. The molecule has 3 heteroatoms. The van der Waals surface area contributed by atoms with Gasteiger partial charge >= 0.3 is 0 Å². The van der Waals surface area contributed by atoms with Crippen molar-refractivity contribution in [3.8, 4) is 0 Å². The summed E-state index contributed by atoms with van der Waals surface area (Å²) in [6.07, 6.45) is 6.58. The van der Waals surface area contributed by atoms with E-state index in [9.17, 15) is 4.79 Å². The Morgan fingerprint density at radius 2 is 1.81 bits per heavy atom. The van der Waals surface area contributed by atoms with Crippen molar-refractivity contribution in [3.63, 3.8) is 0 Å². The molecule has 0 aromatic heterocycles. The Morgan fingerprint density at radius 3 is 2.48 bits per heavy atom. The van der Waals surface area contributed by atoms with E-state index in [1.807, 2.05) is 18.2 Å². The van der Waals surface area contributed by atoms with Crippen LogP contribution >= 0.6 is 11.8 Å². The minimum absolute atomic E-state index is 0.188. The van der Waals surface area contributed by atoms with E-state index in [0.717, 1.165) is 18.2 Å². The van der Waals surface area contributed by atoms with Crippen LogP contribution in [0.4, 0.5) is 0 Å². The topological polar surface area (TPSA) is 29.1 Å². The summed E-state index contributed by atoms with van der Waals surface area (Å²) < 4.78 is 0. The molecule has 0 aliphatic heterocycles. The predicted octanol–water partition coefficient (Wildman–Crippen LogP) is 4.25. The van der Waals surface area contributed by atoms with Crippen LogP contribution in [0.15, 0.2) is 30.3 Å². The summed E-state index contributed by atoms with van der Waals surface area (Å²) in [6, 6.07) is 10.3. The summed E-state index contributed by atoms with van der Waals surface area (Å²) >= 11 is 1.69. The first-order chi connectivity index (χ1) is 10.3. The van der Waals surface area contributed by atoms with Gasteiger partial charge in [-0.15, -0.1) is 11.8 Å². The molecule has 2 nitrogen and oxygen atoms in total. The van der Waals surface area contributed by atoms with E-state index in [1.54, 1.807) is 11.8 Å². The number of thioether (sulfide) groups is 1. The third-order valence-corrected chi connectivity index (χ3v) is 5.48. The van der Waals surface area contributed by atoms with Gasteiger partial charge in [-0.2, -0.15) is 0 Å². The Hall–Kier alpha value is -0.960. The maximum Gasteiger partial charge on any atom is 0.230 e. The van der Waals surface area contributed by atoms with Crippen LogP contribution in [-0.4, -0.2) is 18.2 Å². The molecule has 1 fully saturated rings. The third kappa shape index (κ3) is 6.13. The standard InChI is InChI=1S/C18H27NOS/c1-2-15-8-10-16(11-9-15)12-19-18(20)14-21-13-17-6-4-3-5-7-17/h3-7,15-16H,2,8-14H2,1H3,(H,19,20). The molecule has 1 aliphatic rings. The molecule has 1 aromatic carbocycles. The van der Waals surface area contributed by atoms with Crippen molar-refractivity contribution in [2.75, 3.05) is 12.3 Å². The van der Waals surface area contributed by atoms with Crippen molar-refractivity contribution in [1.82, 2.24) is 5.32 Å². The predicted molar refractivity (Wildman–Crippen MR) is 91.4 cm³/mol. The normalized spacial score (nSPS) is 22.0. The van der Waals surface area contributed by atoms with Gasteiger partial charge in [0.2, 0.25) is 5.91 Å². The first-order valence-corrected chi connectivity index (χ1v) is 9.31. The van der Waals surface area contributed by atoms with Crippen molar-refractivity contribution < 1.29 is 4.79 Å². The fraction of sp³-hybridized carbons (Fsp3) is 0.611. The minimum Gasteiger partial charge on any atom is -0.355 e. The average Bonchev–Trinajstić information content (AvgIpc) is 2.54. The zero-order valence-corrected chi connectivity index (χ0v) is 13.8. The van der Waals surface area contributed by atoms with Gasteiger partial charge < -0.3 is 5.32 Å². The van der Waals surface area contributed by atoms with Crippen molar-refractivity contribution in [1.29, 1.82) is 0 Å². The maximum atomic E-state index is 11.9. The van der Waals surface area contributed by atoms with Gasteiger partial charge in [0.1, 0.15) is 0 Å². The van der Waals surface area contributed by atoms with Gasteiger partial charge in [0.15, 0.2) is 0 Å². The van der Waals surface area contributed by atoms with Gasteiger partial charge in [0.25, 0.3) is 0 Å². The van der Waals surface area contributed by atoms with E-state index in [4.69, 9.17) is 0 Å². The quantitative estimate of drug-likeness (QED) is 0.816. The number of rotatable bonds is 7. The zero-order valence-electron chi connectivity index (χ0n) is 13.0. The molecule has 1 aromatic rings.